The van der Waals surface area contributed by atoms with Gasteiger partial charge in [0.15, 0.2) is 0 Å². The van der Waals surface area contributed by atoms with E-state index in [1.807, 2.05) is 11.8 Å². The van der Waals surface area contributed by atoms with Gasteiger partial charge in [0, 0.05) is 13.7 Å². The lowest BCUT2D eigenvalue weighted by atomic mass is 10.0. The van der Waals surface area contributed by atoms with Crippen LogP contribution in [0.4, 0.5) is 0 Å². The lowest BCUT2D eigenvalue weighted by Crippen LogP contribution is -2.33. The Labute approximate surface area is 114 Å². The van der Waals surface area contributed by atoms with E-state index >= 15 is 0 Å². The molecule has 2 unspecified atom stereocenters. The number of methoxy groups -OCH3 is 1. The predicted molar refractivity (Wildman–Crippen MR) is 74.8 cm³/mol. The number of nitrogens with one attached hydrogen (secondary N) is 1. The topological polar surface area (TPSA) is 41.6 Å². The maximum atomic E-state index is 12.2. The zero-order chi connectivity index (χ0) is 14.0. The third-order valence-electron chi connectivity index (χ3n) is 3.64. The first-order chi connectivity index (χ1) is 9.04. The van der Waals surface area contributed by atoms with Crippen LogP contribution in [0.3, 0.4) is 0 Å². The van der Waals surface area contributed by atoms with E-state index in [2.05, 4.69) is 37.4 Å². The molecule has 1 aliphatic rings. The van der Waals surface area contributed by atoms with Crippen LogP contribution in [0, 0.1) is 13.8 Å². The van der Waals surface area contributed by atoms with Gasteiger partial charge >= 0.3 is 0 Å². The molecule has 0 saturated carbocycles. The maximum Gasteiger partial charge on any atom is 0.241 e. The van der Waals surface area contributed by atoms with Crippen molar-refractivity contribution in [1.29, 1.82) is 0 Å². The number of hydrogen-bond acceptors (Lipinski definition) is 3. The Morgan fingerprint density at radius 2 is 2.11 bits per heavy atom. The van der Waals surface area contributed by atoms with Gasteiger partial charge in [-0.2, -0.15) is 0 Å². The Hall–Kier alpha value is -1.39. The molecule has 0 bridgehead atoms. The summed E-state index contributed by atoms with van der Waals surface area (Å²) in [4.78, 5) is 14.1. The largest absolute Gasteiger partial charge is 0.383 e. The highest BCUT2D eigenvalue weighted by Gasteiger charge is 2.37. The number of carbonyl (C=O) groups is 1. The number of amides is 1. The molecule has 2 rings (SSSR count). The smallest absolute Gasteiger partial charge is 0.241 e. The standard InChI is InChI=1S/C15H22N2O2/c1-10-5-6-11(2)13(9-10)14-16-12(3)15(18)17(14)7-8-19-4/h5-6,9,12,14,16H,7-8H2,1-4H3. The molecule has 1 N–H and O–H groups in total. The van der Waals surface area contributed by atoms with E-state index in [4.69, 9.17) is 4.74 Å². The molecule has 1 saturated heterocycles. The molecule has 2 atom stereocenters. The van der Waals surface area contributed by atoms with E-state index in [-0.39, 0.29) is 18.1 Å². The second-order valence-electron chi connectivity index (χ2n) is 5.18. The van der Waals surface area contributed by atoms with E-state index in [9.17, 15) is 4.79 Å². The molecular weight excluding hydrogens is 240 g/mol. The fourth-order valence-electron chi connectivity index (χ4n) is 2.52. The molecule has 4 heteroatoms. The fraction of sp³-hybridized carbons (Fsp3) is 0.533. The lowest BCUT2D eigenvalue weighted by Gasteiger charge is -2.25. The highest BCUT2D eigenvalue weighted by Crippen LogP contribution is 2.28. The Balaban J connectivity index is 2.30. The number of carbonyl (C=O) groups excluding carboxylic acids is 1. The minimum absolute atomic E-state index is 0.0439. The molecule has 1 aliphatic heterocycles. The molecule has 1 fully saturated rings. The summed E-state index contributed by atoms with van der Waals surface area (Å²) >= 11 is 0. The van der Waals surface area contributed by atoms with Crippen molar-refractivity contribution in [3.05, 3.63) is 34.9 Å². The van der Waals surface area contributed by atoms with Crippen LogP contribution >= 0.6 is 0 Å². The van der Waals surface area contributed by atoms with E-state index < -0.39 is 0 Å². The summed E-state index contributed by atoms with van der Waals surface area (Å²) in [6.07, 6.45) is -0.0439. The summed E-state index contributed by atoms with van der Waals surface area (Å²) in [6, 6.07) is 6.21. The average molecular weight is 262 g/mol. The van der Waals surface area contributed by atoms with Crippen LogP contribution in [0.1, 0.15) is 29.8 Å². The average Bonchev–Trinajstić information content (AvgIpc) is 2.66. The van der Waals surface area contributed by atoms with Gasteiger partial charge in [0.25, 0.3) is 0 Å². The van der Waals surface area contributed by atoms with Gasteiger partial charge in [-0.3, -0.25) is 10.1 Å². The van der Waals surface area contributed by atoms with Crippen molar-refractivity contribution in [1.82, 2.24) is 10.2 Å². The van der Waals surface area contributed by atoms with E-state index in [1.54, 1.807) is 7.11 Å². The molecule has 1 aromatic rings. The van der Waals surface area contributed by atoms with Crippen LogP contribution in [0.15, 0.2) is 18.2 Å². The number of ether oxygens (including phenoxy) is 1. The van der Waals surface area contributed by atoms with Gasteiger partial charge in [-0.1, -0.05) is 23.8 Å². The molecule has 104 valence electrons. The van der Waals surface area contributed by atoms with Gasteiger partial charge in [0.05, 0.1) is 12.6 Å². The quantitative estimate of drug-likeness (QED) is 0.899. The molecule has 0 spiro atoms. The summed E-state index contributed by atoms with van der Waals surface area (Å²) in [6.45, 7) is 7.24. The third-order valence-corrected chi connectivity index (χ3v) is 3.64. The molecule has 0 radical (unpaired) electrons. The van der Waals surface area contributed by atoms with Crippen molar-refractivity contribution < 1.29 is 9.53 Å². The van der Waals surface area contributed by atoms with Crippen LogP contribution < -0.4 is 5.32 Å². The van der Waals surface area contributed by atoms with Crippen molar-refractivity contribution in [2.75, 3.05) is 20.3 Å². The number of rotatable bonds is 4. The number of aryl methyl sites for hydroxylation is 2. The van der Waals surface area contributed by atoms with Crippen molar-refractivity contribution in [3.8, 4) is 0 Å². The first kappa shape index (κ1) is 14.0. The molecule has 4 nitrogen and oxygen atoms in total. The summed E-state index contributed by atoms with van der Waals surface area (Å²) in [5.41, 5.74) is 3.59. The van der Waals surface area contributed by atoms with E-state index in [0.717, 1.165) is 0 Å². The zero-order valence-corrected chi connectivity index (χ0v) is 12.1. The SMILES string of the molecule is COCCN1C(=O)C(C)NC1c1cc(C)ccc1C. The minimum atomic E-state index is -0.137. The second-order valence-corrected chi connectivity index (χ2v) is 5.18. The van der Waals surface area contributed by atoms with Gasteiger partial charge < -0.3 is 9.64 Å². The van der Waals surface area contributed by atoms with Crippen molar-refractivity contribution in [2.24, 2.45) is 0 Å². The zero-order valence-electron chi connectivity index (χ0n) is 12.1. The van der Waals surface area contributed by atoms with Crippen LogP contribution in [0.2, 0.25) is 0 Å². The molecule has 1 aromatic carbocycles. The van der Waals surface area contributed by atoms with Crippen molar-refractivity contribution >= 4 is 5.91 Å². The number of nitrogens with zero attached hydrogens (tertiary/aromatic N) is 1. The van der Waals surface area contributed by atoms with Gasteiger partial charge in [0.1, 0.15) is 6.17 Å². The fourth-order valence-corrected chi connectivity index (χ4v) is 2.52. The van der Waals surface area contributed by atoms with E-state index in [1.165, 1.54) is 16.7 Å². The van der Waals surface area contributed by atoms with Crippen LogP contribution in [0.25, 0.3) is 0 Å². The first-order valence-electron chi connectivity index (χ1n) is 6.67. The monoisotopic (exact) mass is 262 g/mol. The highest BCUT2D eigenvalue weighted by atomic mass is 16.5. The predicted octanol–water partition coefficient (Wildman–Crippen LogP) is 1.77. The lowest BCUT2D eigenvalue weighted by molar-refractivity contribution is -0.130. The highest BCUT2D eigenvalue weighted by molar-refractivity contribution is 5.84. The Bertz CT molecular complexity index is 473. The first-order valence-corrected chi connectivity index (χ1v) is 6.67. The van der Waals surface area contributed by atoms with Crippen LogP contribution in [-0.4, -0.2) is 37.1 Å². The Morgan fingerprint density at radius 1 is 1.37 bits per heavy atom. The number of hydrogen-bond donors (Lipinski definition) is 1. The van der Waals surface area contributed by atoms with Crippen LogP contribution in [0.5, 0.6) is 0 Å². The normalized spacial score (nSPS) is 23.2. The number of benzene rings is 1. The van der Waals surface area contributed by atoms with Gasteiger partial charge in [-0.25, -0.2) is 0 Å². The van der Waals surface area contributed by atoms with Gasteiger partial charge in [0.2, 0.25) is 5.91 Å². The molecule has 1 heterocycles. The molecule has 0 aliphatic carbocycles. The summed E-state index contributed by atoms with van der Waals surface area (Å²) < 4.78 is 5.10. The summed E-state index contributed by atoms with van der Waals surface area (Å²) in [7, 11) is 1.66. The van der Waals surface area contributed by atoms with Crippen LogP contribution in [-0.2, 0) is 9.53 Å². The third kappa shape index (κ3) is 2.80. The molecular formula is C15H22N2O2. The van der Waals surface area contributed by atoms with Gasteiger partial charge in [-0.05, 0) is 31.9 Å². The summed E-state index contributed by atoms with van der Waals surface area (Å²) in [5, 5.41) is 3.37. The van der Waals surface area contributed by atoms with E-state index in [0.29, 0.717) is 13.2 Å². The molecule has 0 aromatic heterocycles. The van der Waals surface area contributed by atoms with Crippen molar-refractivity contribution in [3.63, 3.8) is 0 Å². The minimum Gasteiger partial charge on any atom is -0.383 e. The molecule has 1 amide bonds. The molecule has 19 heavy (non-hydrogen) atoms. The summed E-state index contributed by atoms with van der Waals surface area (Å²) in [5.74, 6) is 0.142. The second kappa shape index (κ2) is 5.72. The maximum absolute atomic E-state index is 12.2. The van der Waals surface area contributed by atoms with Crippen molar-refractivity contribution in [2.45, 2.75) is 33.0 Å². The Morgan fingerprint density at radius 3 is 2.79 bits per heavy atom. The van der Waals surface area contributed by atoms with Gasteiger partial charge in [-0.15, -0.1) is 0 Å². The Kier molecular flexibility index (Phi) is 4.22.